The molecular formula is C23H21ClN2O3. The van der Waals surface area contributed by atoms with E-state index in [1.807, 2.05) is 30.3 Å². The average Bonchev–Trinajstić information content (AvgIpc) is 2.73. The number of benzene rings is 3. The second-order valence-electron chi connectivity index (χ2n) is 6.33. The van der Waals surface area contributed by atoms with Crippen molar-refractivity contribution in [1.82, 2.24) is 5.32 Å². The van der Waals surface area contributed by atoms with Gasteiger partial charge in [-0.2, -0.15) is 0 Å². The zero-order valence-electron chi connectivity index (χ0n) is 15.7. The van der Waals surface area contributed by atoms with Crippen LogP contribution in [-0.4, -0.2) is 25.0 Å². The Morgan fingerprint density at radius 1 is 0.897 bits per heavy atom. The molecule has 2 amide bonds. The van der Waals surface area contributed by atoms with Gasteiger partial charge in [-0.15, -0.1) is 0 Å². The van der Waals surface area contributed by atoms with Gasteiger partial charge in [0.25, 0.3) is 11.8 Å². The zero-order chi connectivity index (χ0) is 20.5. The van der Waals surface area contributed by atoms with Crippen LogP contribution in [0.25, 0.3) is 0 Å². The van der Waals surface area contributed by atoms with E-state index in [-0.39, 0.29) is 18.4 Å². The molecule has 0 aromatic heterocycles. The van der Waals surface area contributed by atoms with Crippen molar-refractivity contribution in [2.45, 2.75) is 6.42 Å². The molecule has 0 aliphatic rings. The minimum absolute atomic E-state index is 0.190. The Labute approximate surface area is 174 Å². The Balaban J connectivity index is 1.54. The van der Waals surface area contributed by atoms with Crippen LogP contribution in [0.1, 0.15) is 15.9 Å². The van der Waals surface area contributed by atoms with Crippen LogP contribution in [0, 0.1) is 0 Å². The molecule has 0 heterocycles. The second kappa shape index (κ2) is 10.3. The highest BCUT2D eigenvalue weighted by Crippen LogP contribution is 2.18. The SMILES string of the molecule is O=C(COc1cccc(Cl)c1)Nc1ccccc1C(=O)NCCc1ccccc1. The fraction of sp³-hybridized carbons (Fsp3) is 0.130. The number of nitrogens with one attached hydrogen (secondary N) is 2. The Hall–Kier alpha value is -3.31. The molecule has 2 N–H and O–H groups in total. The van der Waals surface area contributed by atoms with Crippen LogP contribution >= 0.6 is 11.6 Å². The molecule has 3 rings (SSSR count). The predicted molar refractivity (Wildman–Crippen MR) is 114 cm³/mol. The third kappa shape index (κ3) is 6.36. The van der Waals surface area contributed by atoms with Gasteiger partial charge in [0.15, 0.2) is 6.61 Å². The number of hydrogen-bond acceptors (Lipinski definition) is 3. The standard InChI is InChI=1S/C23H21ClN2O3/c24-18-9-6-10-19(15-18)29-16-22(27)26-21-12-5-4-11-20(21)23(28)25-14-13-17-7-2-1-3-8-17/h1-12,15H,13-14,16H2,(H,25,28)(H,26,27). The highest BCUT2D eigenvalue weighted by molar-refractivity contribution is 6.30. The molecule has 3 aromatic carbocycles. The fourth-order valence-corrected chi connectivity index (χ4v) is 2.92. The molecule has 148 valence electrons. The van der Waals surface area contributed by atoms with E-state index in [1.165, 1.54) is 0 Å². The summed E-state index contributed by atoms with van der Waals surface area (Å²) in [4.78, 5) is 24.8. The van der Waals surface area contributed by atoms with E-state index < -0.39 is 0 Å². The Morgan fingerprint density at radius 3 is 2.45 bits per heavy atom. The average molecular weight is 409 g/mol. The number of amides is 2. The number of anilines is 1. The summed E-state index contributed by atoms with van der Waals surface area (Å²) in [5.74, 6) is -0.110. The van der Waals surface area contributed by atoms with Gasteiger partial charge in [0.1, 0.15) is 5.75 Å². The molecule has 5 nitrogen and oxygen atoms in total. The van der Waals surface area contributed by atoms with Gasteiger partial charge in [-0.1, -0.05) is 60.1 Å². The van der Waals surface area contributed by atoms with Gasteiger partial charge in [0, 0.05) is 11.6 Å². The van der Waals surface area contributed by atoms with Gasteiger partial charge in [0.05, 0.1) is 11.3 Å². The minimum atomic E-state index is -0.366. The largest absolute Gasteiger partial charge is 0.484 e. The number of ether oxygens (including phenoxy) is 1. The van der Waals surface area contributed by atoms with Crippen molar-refractivity contribution in [2.24, 2.45) is 0 Å². The van der Waals surface area contributed by atoms with Crippen molar-refractivity contribution in [3.8, 4) is 5.75 Å². The van der Waals surface area contributed by atoms with E-state index in [2.05, 4.69) is 10.6 Å². The van der Waals surface area contributed by atoms with Crippen LogP contribution in [0.2, 0.25) is 5.02 Å². The number of para-hydroxylation sites is 1. The summed E-state index contributed by atoms with van der Waals surface area (Å²) >= 11 is 5.90. The lowest BCUT2D eigenvalue weighted by Crippen LogP contribution is -2.28. The number of carbonyl (C=O) groups is 2. The number of hydrogen-bond donors (Lipinski definition) is 2. The molecule has 0 saturated heterocycles. The van der Waals surface area contributed by atoms with E-state index in [4.69, 9.17) is 16.3 Å². The number of halogens is 1. The molecule has 0 unspecified atom stereocenters. The molecule has 3 aromatic rings. The smallest absolute Gasteiger partial charge is 0.262 e. The topological polar surface area (TPSA) is 67.4 Å². The maximum atomic E-state index is 12.5. The van der Waals surface area contributed by atoms with E-state index in [9.17, 15) is 9.59 Å². The van der Waals surface area contributed by atoms with Gasteiger partial charge < -0.3 is 15.4 Å². The van der Waals surface area contributed by atoms with Crippen LogP contribution in [0.3, 0.4) is 0 Å². The lowest BCUT2D eigenvalue weighted by atomic mass is 10.1. The Kier molecular flexibility index (Phi) is 7.25. The van der Waals surface area contributed by atoms with E-state index in [1.54, 1.807) is 48.5 Å². The van der Waals surface area contributed by atoms with Gasteiger partial charge in [-0.05, 0) is 42.3 Å². The van der Waals surface area contributed by atoms with Gasteiger partial charge >= 0.3 is 0 Å². The lowest BCUT2D eigenvalue weighted by molar-refractivity contribution is -0.118. The summed E-state index contributed by atoms with van der Waals surface area (Å²) in [6, 6.07) is 23.6. The summed E-state index contributed by atoms with van der Waals surface area (Å²) < 4.78 is 5.44. The third-order valence-corrected chi connectivity index (χ3v) is 4.39. The molecule has 6 heteroatoms. The van der Waals surface area contributed by atoms with Crippen LogP contribution in [-0.2, 0) is 11.2 Å². The quantitative estimate of drug-likeness (QED) is 0.583. The first-order chi connectivity index (χ1) is 14.1. The molecule has 0 radical (unpaired) electrons. The molecule has 0 bridgehead atoms. The number of carbonyl (C=O) groups excluding carboxylic acids is 2. The highest BCUT2D eigenvalue weighted by Gasteiger charge is 2.13. The van der Waals surface area contributed by atoms with Gasteiger partial charge in [-0.3, -0.25) is 9.59 Å². The molecule has 0 aliphatic heterocycles. The van der Waals surface area contributed by atoms with Crippen molar-refractivity contribution in [3.63, 3.8) is 0 Å². The first kappa shape index (κ1) is 20.4. The maximum absolute atomic E-state index is 12.5. The molecule has 0 saturated carbocycles. The van der Waals surface area contributed by atoms with Crippen LogP contribution in [0.15, 0.2) is 78.9 Å². The first-order valence-corrected chi connectivity index (χ1v) is 9.59. The summed E-state index contributed by atoms with van der Waals surface area (Å²) in [7, 11) is 0. The maximum Gasteiger partial charge on any atom is 0.262 e. The van der Waals surface area contributed by atoms with Crippen LogP contribution in [0.4, 0.5) is 5.69 Å². The highest BCUT2D eigenvalue weighted by atomic mass is 35.5. The number of rotatable bonds is 8. The first-order valence-electron chi connectivity index (χ1n) is 9.21. The van der Waals surface area contributed by atoms with Crippen LogP contribution in [0.5, 0.6) is 5.75 Å². The van der Waals surface area contributed by atoms with Crippen molar-refractivity contribution < 1.29 is 14.3 Å². The Bertz CT molecular complexity index is 977. The molecule has 0 atom stereocenters. The molecule has 0 spiro atoms. The van der Waals surface area contributed by atoms with E-state index in [0.717, 1.165) is 12.0 Å². The summed E-state index contributed by atoms with van der Waals surface area (Å²) in [5.41, 5.74) is 1.98. The fourth-order valence-electron chi connectivity index (χ4n) is 2.74. The molecular weight excluding hydrogens is 388 g/mol. The molecule has 29 heavy (non-hydrogen) atoms. The van der Waals surface area contributed by atoms with Gasteiger partial charge in [0.2, 0.25) is 0 Å². The van der Waals surface area contributed by atoms with E-state index in [0.29, 0.717) is 28.6 Å². The normalized spacial score (nSPS) is 10.2. The summed E-state index contributed by atoms with van der Waals surface area (Å²) in [6.45, 7) is 0.313. The minimum Gasteiger partial charge on any atom is -0.484 e. The molecule has 0 fully saturated rings. The lowest BCUT2D eigenvalue weighted by Gasteiger charge is -2.12. The predicted octanol–water partition coefficient (Wildman–Crippen LogP) is 4.33. The van der Waals surface area contributed by atoms with Crippen molar-refractivity contribution >= 4 is 29.1 Å². The van der Waals surface area contributed by atoms with Crippen LogP contribution < -0.4 is 15.4 Å². The zero-order valence-corrected chi connectivity index (χ0v) is 16.5. The summed E-state index contributed by atoms with van der Waals surface area (Å²) in [5, 5.41) is 6.14. The van der Waals surface area contributed by atoms with Crippen molar-refractivity contribution in [2.75, 3.05) is 18.5 Å². The Morgan fingerprint density at radius 2 is 1.66 bits per heavy atom. The second-order valence-corrected chi connectivity index (χ2v) is 6.77. The monoisotopic (exact) mass is 408 g/mol. The van der Waals surface area contributed by atoms with Crippen molar-refractivity contribution in [3.05, 3.63) is 95.0 Å². The van der Waals surface area contributed by atoms with Gasteiger partial charge in [-0.25, -0.2) is 0 Å². The third-order valence-electron chi connectivity index (χ3n) is 4.15. The van der Waals surface area contributed by atoms with Crippen molar-refractivity contribution in [1.29, 1.82) is 0 Å². The van der Waals surface area contributed by atoms with E-state index >= 15 is 0 Å². The summed E-state index contributed by atoms with van der Waals surface area (Å²) in [6.07, 6.45) is 0.731. The molecule has 0 aliphatic carbocycles.